The summed E-state index contributed by atoms with van der Waals surface area (Å²) in [6.07, 6.45) is 1.78. The van der Waals surface area contributed by atoms with Gasteiger partial charge >= 0.3 is 5.97 Å². The zero-order valence-corrected chi connectivity index (χ0v) is 16.1. The molecular weight excluding hydrogens is 386 g/mol. The highest BCUT2D eigenvalue weighted by molar-refractivity contribution is 9.10. The SMILES string of the molecule is Cc1cc(C)c(NC(=O)[C@@H](C)OC(=O)/C=C/c2ccc(Br)o2)c(C)c1. The molecule has 25 heavy (non-hydrogen) atoms. The molecule has 0 fully saturated rings. The van der Waals surface area contributed by atoms with Gasteiger partial charge in [0.05, 0.1) is 0 Å². The third kappa shape index (κ3) is 5.32. The summed E-state index contributed by atoms with van der Waals surface area (Å²) in [4.78, 5) is 24.1. The lowest BCUT2D eigenvalue weighted by Gasteiger charge is -2.16. The first-order valence-corrected chi connectivity index (χ1v) is 8.58. The highest BCUT2D eigenvalue weighted by Gasteiger charge is 2.18. The fourth-order valence-electron chi connectivity index (χ4n) is 2.44. The van der Waals surface area contributed by atoms with Crippen LogP contribution in [-0.4, -0.2) is 18.0 Å². The lowest BCUT2D eigenvalue weighted by molar-refractivity contribution is -0.148. The van der Waals surface area contributed by atoms with Crippen LogP contribution in [0.15, 0.2) is 39.4 Å². The summed E-state index contributed by atoms with van der Waals surface area (Å²) >= 11 is 3.18. The quantitative estimate of drug-likeness (QED) is 0.584. The molecule has 0 unspecified atom stereocenters. The molecule has 1 atom stereocenters. The van der Waals surface area contributed by atoms with Gasteiger partial charge in [0, 0.05) is 11.8 Å². The van der Waals surface area contributed by atoms with Crippen LogP contribution in [-0.2, 0) is 14.3 Å². The first kappa shape index (κ1) is 19.0. The molecule has 132 valence electrons. The summed E-state index contributed by atoms with van der Waals surface area (Å²) in [5, 5.41) is 2.82. The summed E-state index contributed by atoms with van der Waals surface area (Å²) in [6.45, 7) is 7.39. The molecule has 0 radical (unpaired) electrons. The Morgan fingerprint density at radius 2 is 1.84 bits per heavy atom. The van der Waals surface area contributed by atoms with E-state index in [0.717, 1.165) is 22.4 Å². The van der Waals surface area contributed by atoms with Crippen LogP contribution in [0.1, 0.15) is 29.4 Å². The summed E-state index contributed by atoms with van der Waals surface area (Å²) in [5.41, 5.74) is 3.80. The number of carbonyl (C=O) groups is 2. The maximum Gasteiger partial charge on any atom is 0.331 e. The maximum atomic E-state index is 12.3. The number of furan rings is 1. The second kappa shape index (κ2) is 8.16. The molecule has 0 aliphatic carbocycles. The number of ether oxygens (including phenoxy) is 1. The average molecular weight is 406 g/mol. The van der Waals surface area contributed by atoms with Crippen molar-refractivity contribution >= 4 is 39.6 Å². The van der Waals surface area contributed by atoms with Crippen LogP contribution >= 0.6 is 15.9 Å². The number of carbonyl (C=O) groups excluding carboxylic acids is 2. The van der Waals surface area contributed by atoms with Gasteiger partial charge in [-0.15, -0.1) is 0 Å². The normalized spacial score (nSPS) is 12.2. The Bertz CT molecular complexity index is 800. The molecule has 1 amide bonds. The van der Waals surface area contributed by atoms with Crippen molar-refractivity contribution in [3.63, 3.8) is 0 Å². The molecule has 0 spiro atoms. The molecule has 0 saturated carbocycles. The molecule has 1 aromatic carbocycles. The molecule has 2 rings (SSSR count). The number of hydrogen-bond donors (Lipinski definition) is 1. The van der Waals surface area contributed by atoms with Gasteiger partial charge in [-0.3, -0.25) is 4.79 Å². The van der Waals surface area contributed by atoms with Gasteiger partial charge in [-0.25, -0.2) is 4.79 Å². The second-order valence-electron chi connectivity index (χ2n) is 5.82. The van der Waals surface area contributed by atoms with Gasteiger partial charge < -0.3 is 14.5 Å². The van der Waals surface area contributed by atoms with Crippen molar-refractivity contribution in [3.05, 3.63) is 57.5 Å². The number of amides is 1. The van der Waals surface area contributed by atoms with Crippen molar-refractivity contribution in [2.75, 3.05) is 5.32 Å². The standard InChI is InChI=1S/C19H20BrNO4/c1-11-9-12(2)18(13(3)10-11)21-19(23)14(4)24-17(22)8-6-15-5-7-16(20)25-15/h5-10,14H,1-4H3,(H,21,23)/b8-6+/t14-/m1/s1. The molecule has 1 N–H and O–H groups in total. The molecule has 1 heterocycles. The summed E-state index contributed by atoms with van der Waals surface area (Å²) < 4.78 is 10.9. The number of rotatable bonds is 5. The minimum absolute atomic E-state index is 0.377. The monoisotopic (exact) mass is 405 g/mol. The van der Waals surface area contributed by atoms with E-state index in [4.69, 9.17) is 9.15 Å². The van der Waals surface area contributed by atoms with E-state index < -0.39 is 12.1 Å². The predicted molar refractivity (Wildman–Crippen MR) is 100 cm³/mol. The summed E-state index contributed by atoms with van der Waals surface area (Å²) in [7, 11) is 0. The van der Waals surface area contributed by atoms with Gasteiger partial charge in [-0.05, 0) is 73.0 Å². The number of anilines is 1. The van der Waals surface area contributed by atoms with Crippen LogP contribution in [0.2, 0.25) is 0 Å². The number of hydrogen-bond acceptors (Lipinski definition) is 4. The second-order valence-corrected chi connectivity index (χ2v) is 6.60. The summed E-state index contributed by atoms with van der Waals surface area (Å²) in [6, 6.07) is 7.40. The number of aryl methyl sites for hydroxylation is 3. The zero-order chi connectivity index (χ0) is 18.6. The third-order valence-corrected chi connectivity index (χ3v) is 3.99. The minimum Gasteiger partial charge on any atom is -0.450 e. The molecule has 1 aromatic heterocycles. The van der Waals surface area contributed by atoms with Gasteiger partial charge in [0.2, 0.25) is 0 Å². The van der Waals surface area contributed by atoms with Crippen LogP contribution in [0, 0.1) is 20.8 Å². The van der Waals surface area contributed by atoms with E-state index in [9.17, 15) is 9.59 Å². The number of benzene rings is 1. The zero-order valence-electron chi connectivity index (χ0n) is 14.6. The lowest BCUT2D eigenvalue weighted by atomic mass is 10.0. The van der Waals surface area contributed by atoms with Gasteiger partial charge in [0.15, 0.2) is 10.8 Å². The van der Waals surface area contributed by atoms with Crippen molar-refractivity contribution in [2.45, 2.75) is 33.8 Å². The van der Waals surface area contributed by atoms with Gasteiger partial charge in [0.1, 0.15) is 5.76 Å². The van der Waals surface area contributed by atoms with Crippen LogP contribution in [0.25, 0.3) is 6.08 Å². The Morgan fingerprint density at radius 1 is 1.20 bits per heavy atom. The molecular formula is C19H20BrNO4. The Labute approximate surface area is 155 Å². The van der Waals surface area contributed by atoms with Gasteiger partial charge in [-0.1, -0.05) is 17.7 Å². The largest absolute Gasteiger partial charge is 0.450 e. The Morgan fingerprint density at radius 3 is 2.40 bits per heavy atom. The molecule has 5 nitrogen and oxygen atoms in total. The Balaban J connectivity index is 1.96. The molecule has 0 aliphatic rings. The maximum absolute atomic E-state index is 12.3. The van der Waals surface area contributed by atoms with Crippen LogP contribution < -0.4 is 5.32 Å². The molecule has 2 aromatic rings. The van der Waals surface area contributed by atoms with E-state index in [0.29, 0.717) is 10.4 Å². The van der Waals surface area contributed by atoms with E-state index in [1.165, 1.54) is 19.1 Å². The first-order valence-electron chi connectivity index (χ1n) is 7.79. The fraction of sp³-hybridized carbons (Fsp3) is 0.263. The minimum atomic E-state index is -0.916. The number of nitrogens with one attached hydrogen (secondary N) is 1. The highest BCUT2D eigenvalue weighted by Crippen LogP contribution is 2.22. The topological polar surface area (TPSA) is 68.5 Å². The van der Waals surface area contributed by atoms with E-state index in [2.05, 4.69) is 21.2 Å². The van der Waals surface area contributed by atoms with E-state index in [-0.39, 0.29) is 5.91 Å². The molecule has 0 saturated heterocycles. The summed E-state index contributed by atoms with van der Waals surface area (Å²) in [5.74, 6) is -0.489. The van der Waals surface area contributed by atoms with Crippen molar-refractivity contribution in [3.8, 4) is 0 Å². The van der Waals surface area contributed by atoms with Gasteiger partial charge in [0.25, 0.3) is 5.91 Å². The van der Waals surface area contributed by atoms with E-state index in [1.807, 2.05) is 32.9 Å². The van der Waals surface area contributed by atoms with Crippen molar-refractivity contribution in [2.24, 2.45) is 0 Å². The Hall–Kier alpha value is -2.34. The predicted octanol–water partition coefficient (Wildman–Crippen LogP) is 4.55. The average Bonchev–Trinajstić information content (AvgIpc) is 2.94. The molecule has 6 heteroatoms. The van der Waals surface area contributed by atoms with Crippen LogP contribution in [0.5, 0.6) is 0 Å². The van der Waals surface area contributed by atoms with Crippen molar-refractivity contribution in [1.29, 1.82) is 0 Å². The van der Waals surface area contributed by atoms with E-state index in [1.54, 1.807) is 12.1 Å². The highest BCUT2D eigenvalue weighted by atomic mass is 79.9. The van der Waals surface area contributed by atoms with Crippen molar-refractivity contribution < 1.29 is 18.7 Å². The Kier molecular flexibility index (Phi) is 6.20. The fourth-order valence-corrected chi connectivity index (χ4v) is 2.76. The lowest BCUT2D eigenvalue weighted by Crippen LogP contribution is -2.30. The number of halogens is 1. The molecule has 0 aliphatic heterocycles. The van der Waals surface area contributed by atoms with Crippen LogP contribution in [0.3, 0.4) is 0 Å². The van der Waals surface area contributed by atoms with Gasteiger partial charge in [-0.2, -0.15) is 0 Å². The number of esters is 1. The van der Waals surface area contributed by atoms with Crippen LogP contribution in [0.4, 0.5) is 5.69 Å². The van der Waals surface area contributed by atoms with Crippen molar-refractivity contribution in [1.82, 2.24) is 0 Å². The third-order valence-electron chi connectivity index (χ3n) is 3.57. The first-order chi connectivity index (χ1) is 11.8. The smallest absolute Gasteiger partial charge is 0.331 e. The van der Waals surface area contributed by atoms with E-state index >= 15 is 0 Å². The molecule has 0 bridgehead atoms.